The molecule has 4 aromatic rings. The van der Waals surface area contributed by atoms with Gasteiger partial charge in [0.2, 0.25) is 5.91 Å². The molecule has 0 radical (unpaired) electrons. The SMILES string of the molecule is Cc1ccc(-n2c(Cc3ccccc3)nnc2SCC(=O)c2ccc3c(c2)CC(=O)N3C)c(C)c1. The fourth-order valence-electron chi connectivity index (χ4n) is 4.44. The van der Waals surface area contributed by atoms with Crippen molar-refractivity contribution < 1.29 is 9.59 Å². The van der Waals surface area contributed by atoms with Crippen LogP contribution in [0.25, 0.3) is 5.69 Å². The third-order valence-electron chi connectivity index (χ3n) is 6.31. The first-order valence-electron chi connectivity index (χ1n) is 11.5. The number of aromatic nitrogens is 3. The number of hydrogen-bond acceptors (Lipinski definition) is 5. The van der Waals surface area contributed by atoms with E-state index < -0.39 is 0 Å². The zero-order valence-electron chi connectivity index (χ0n) is 20.0. The van der Waals surface area contributed by atoms with Crippen molar-refractivity contribution in [2.24, 2.45) is 0 Å². The standard InChI is InChI=1S/C28H26N4O2S/c1-18-9-11-23(19(2)13-18)32-26(14-20-7-5-4-6-8-20)29-30-28(32)35-17-25(33)21-10-12-24-22(15-21)16-27(34)31(24)3/h4-13,15H,14,16-17H2,1-3H3. The molecule has 2 heterocycles. The summed E-state index contributed by atoms with van der Waals surface area (Å²) in [6.45, 7) is 4.15. The van der Waals surface area contributed by atoms with Crippen molar-refractivity contribution in [3.63, 3.8) is 0 Å². The molecule has 0 N–H and O–H groups in total. The number of anilines is 1. The molecule has 0 saturated heterocycles. The fourth-order valence-corrected chi connectivity index (χ4v) is 5.30. The second-order valence-electron chi connectivity index (χ2n) is 8.87. The number of ketones is 1. The number of thioether (sulfide) groups is 1. The van der Waals surface area contributed by atoms with Gasteiger partial charge in [-0.25, -0.2) is 0 Å². The number of aryl methyl sites for hydroxylation is 2. The van der Waals surface area contributed by atoms with Crippen LogP contribution in [0.4, 0.5) is 5.69 Å². The van der Waals surface area contributed by atoms with Gasteiger partial charge in [0.05, 0.1) is 17.9 Å². The van der Waals surface area contributed by atoms with Gasteiger partial charge in [-0.15, -0.1) is 10.2 Å². The summed E-state index contributed by atoms with van der Waals surface area (Å²) in [5, 5.41) is 9.66. The molecule has 6 nitrogen and oxygen atoms in total. The van der Waals surface area contributed by atoms with E-state index in [1.54, 1.807) is 18.0 Å². The first-order valence-corrected chi connectivity index (χ1v) is 12.5. The van der Waals surface area contributed by atoms with Gasteiger partial charge in [0, 0.05) is 24.7 Å². The van der Waals surface area contributed by atoms with E-state index in [-0.39, 0.29) is 17.4 Å². The predicted octanol–water partition coefficient (Wildman–Crippen LogP) is 4.97. The highest BCUT2D eigenvalue weighted by Crippen LogP contribution is 2.30. The minimum absolute atomic E-state index is 0.000380. The zero-order chi connectivity index (χ0) is 24.5. The van der Waals surface area contributed by atoms with E-state index >= 15 is 0 Å². The Bertz CT molecular complexity index is 1430. The molecule has 3 aromatic carbocycles. The van der Waals surface area contributed by atoms with Gasteiger partial charge in [0.1, 0.15) is 5.82 Å². The summed E-state index contributed by atoms with van der Waals surface area (Å²) in [5.74, 6) is 1.11. The van der Waals surface area contributed by atoms with Crippen molar-refractivity contribution >= 4 is 29.1 Å². The summed E-state index contributed by atoms with van der Waals surface area (Å²) in [5.41, 5.74) is 6.86. The molecule has 0 aliphatic carbocycles. The second kappa shape index (κ2) is 9.50. The van der Waals surface area contributed by atoms with Crippen molar-refractivity contribution in [2.75, 3.05) is 17.7 Å². The molecular weight excluding hydrogens is 456 g/mol. The second-order valence-corrected chi connectivity index (χ2v) is 9.81. The molecule has 5 rings (SSSR count). The van der Waals surface area contributed by atoms with Gasteiger partial charge < -0.3 is 4.90 Å². The lowest BCUT2D eigenvalue weighted by Crippen LogP contribution is -2.20. The van der Waals surface area contributed by atoms with Crippen LogP contribution >= 0.6 is 11.8 Å². The maximum absolute atomic E-state index is 13.1. The summed E-state index contributed by atoms with van der Waals surface area (Å²) in [7, 11) is 1.76. The lowest BCUT2D eigenvalue weighted by atomic mass is 10.1. The van der Waals surface area contributed by atoms with Gasteiger partial charge in [0.25, 0.3) is 0 Å². The molecule has 1 amide bonds. The molecular formula is C28H26N4O2S. The molecule has 0 fully saturated rings. The van der Waals surface area contributed by atoms with Crippen molar-refractivity contribution in [3.8, 4) is 5.69 Å². The Hall–Kier alpha value is -3.71. The van der Waals surface area contributed by atoms with Crippen LogP contribution in [0.15, 0.2) is 71.9 Å². The Kier molecular flexibility index (Phi) is 6.26. The van der Waals surface area contributed by atoms with E-state index in [9.17, 15) is 9.59 Å². The van der Waals surface area contributed by atoms with Gasteiger partial charge >= 0.3 is 0 Å². The summed E-state index contributed by atoms with van der Waals surface area (Å²) < 4.78 is 2.07. The number of hydrogen-bond donors (Lipinski definition) is 0. The Morgan fingerprint density at radius 3 is 2.51 bits per heavy atom. The number of amides is 1. The zero-order valence-corrected chi connectivity index (χ0v) is 20.8. The summed E-state index contributed by atoms with van der Waals surface area (Å²) >= 11 is 1.39. The lowest BCUT2D eigenvalue weighted by molar-refractivity contribution is -0.117. The topological polar surface area (TPSA) is 68.1 Å². The van der Waals surface area contributed by atoms with Crippen LogP contribution in [0.5, 0.6) is 0 Å². The predicted molar refractivity (Wildman–Crippen MR) is 139 cm³/mol. The van der Waals surface area contributed by atoms with Crippen LogP contribution in [0.2, 0.25) is 0 Å². The number of carbonyl (C=O) groups is 2. The summed E-state index contributed by atoms with van der Waals surface area (Å²) in [6, 6.07) is 22.0. The molecule has 0 spiro atoms. The molecule has 0 atom stereocenters. The summed E-state index contributed by atoms with van der Waals surface area (Å²) in [6.07, 6.45) is 0.978. The Balaban J connectivity index is 1.42. The minimum Gasteiger partial charge on any atom is -0.315 e. The molecule has 1 aromatic heterocycles. The van der Waals surface area contributed by atoms with Gasteiger partial charge in [0.15, 0.2) is 10.9 Å². The number of nitrogens with zero attached hydrogens (tertiary/aromatic N) is 4. The number of likely N-dealkylation sites (N-methyl/N-ethyl adjacent to an activating group) is 1. The normalized spacial score (nSPS) is 12.8. The first kappa shape index (κ1) is 23.1. The first-order chi connectivity index (χ1) is 16.9. The van der Waals surface area contributed by atoms with E-state index in [4.69, 9.17) is 0 Å². The average Bonchev–Trinajstić information content (AvgIpc) is 3.37. The van der Waals surface area contributed by atoms with Crippen molar-refractivity contribution in [3.05, 3.63) is 100 Å². The highest BCUT2D eigenvalue weighted by atomic mass is 32.2. The van der Waals surface area contributed by atoms with Crippen LogP contribution in [-0.2, 0) is 17.6 Å². The maximum Gasteiger partial charge on any atom is 0.231 e. The minimum atomic E-state index is -0.000380. The van der Waals surface area contributed by atoms with Gasteiger partial charge in [-0.2, -0.15) is 0 Å². The van der Waals surface area contributed by atoms with Crippen LogP contribution in [0.1, 0.15) is 38.4 Å². The third kappa shape index (κ3) is 4.64. The monoisotopic (exact) mass is 482 g/mol. The van der Waals surface area contributed by atoms with Crippen molar-refractivity contribution in [1.82, 2.24) is 14.8 Å². The van der Waals surface area contributed by atoms with E-state index in [0.29, 0.717) is 23.6 Å². The Morgan fingerprint density at radius 2 is 1.74 bits per heavy atom. The Labute approximate surface area is 209 Å². The van der Waals surface area contributed by atoms with E-state index in [0.717, 1.165) is 33.9 Å². The van der Waals surface area contributed by atoms with Crippen LogP contribution in [0.3, 0.4) is 0 Å². The molecule has 176 valence electrons. The van der Waals surface area contributed by atoms with Crippen LogP contribution in [-0.4, -0.2) is 39.3 Å². The van der Waals surface area contributed by atoms with Crippen molar-refractivity contribution in [2.45, 2.75) is 31.8 Å². The van der Waals surface area contributed by atoms with Gasteiger partial charge in [-0.3, -0.25) is 14.2 Å². The number of fused-ring (bicyclic) bond motifs is 1. The third-order valence-corrected chi connectivity index (χ3v) is 7.24. The smallest absolute Gasteiger partial charge is 0.231 e. The molecule has 1 aliphatic heterocycles. The highest BCUT2D eigenvalue weighted by molar-refractivity contribution is 7.99. The largest absolute Gasteiger partial charge is 0.315 e. The van der Waals surface area contributed by atoms with Crippen molar-refractivity contribution in [1.29, 1.82) is 0 Å². The fraction of sp³-hybridized carbons (Fsp3) is 0.214. The number of rotatable bonds is 7. The van der Waals surface area contributed by atoms with Crippen LogP contribution in [0, 0.1) is 13.8 Å². The molecule has 7 heteroatoms. The number of benzene rings is 3. The molecule has 0 unspecified atom stereocenters. The van der Waals surface area contributed by atoms with Gasteiger partial charge in [-0.05, 0) is 54.8 Å². The van der Waals surface area contributed by atoms with Gasteiger partial charge in [-0.1, -0.05) is 59.8 Å². The maximum atomic E-state index is 13.1. The van der Waals surface area contributed by atoms with E-state index in [1.165, 1.54) is 17.3 Å². The molecule has 0 saturated carbocycles. The van der Waals surface area contributed by atoms with E-state index in [2.05, 4.69) is 58.9 Å². The van der Waals surface area contributed by atoms with Crippen LogP contribution < -0.4 is 4.90 Å². The molecule has 0 bridgehead atoms. The summed E-state index contributed by atoms with van der Waals surface area (Å²) in [4.78, 5) is 26.7. The molecule has 35 heavy (non-hydrogen) atoms. The quantitative estimate of drug-likeness (QED) is 0.275. The van der Waals surface area contributed by atoms with E-state index in [1.807, 2.05) is 30.3 Å². The average molecular weight is 483 g/mol. The molecule has 1 aliphatic rings. The lowest BCUT2D eigenvalue weighted by Gasteiger charge is -2.14. The Morgan fingerprint density at radius 1 is 0.971 bits per heavy atom. The highest BCUT2D eigenvalue weighted by Gasteiger charge is 2.25. The number of Topliss-reactive ketones (excluding diaryl/α,β-unsaturated/α-hetero) is 1. The number of carbonyl (C=O) groups excluding carboxylic acids is 2.